The number of nitrogens with one attached hydrogen (secondary N) is 2. The van der Waals surface area contributed by atoms with Crippen molar-refractivity contribution in [2.24, 2.45) is 7.05 Å². The van der Waals surface area contributed by atoms with Crippen LogP contribution in [-0.2, 0) is 28.4 Å². The lowest BCUT2D eigenvalue weighted by molar-refractivity contribution is 0.0468. The molecule has 2 aromatic heterocycles. The number of hydrogen-bond acceptors (Lipinski definition) is 8. The van der Waals surface area contributed by atoms with E-state index in [1.807, 2.05) is 30.3 Å². The van der Waals surface area contributed by atoms with Crippen LogP contribution in [0.15, 0.2) is 87.9 Å². The normalized spacial score (nSPS) is 11.3. The number of anilines is 3. The van der Waals surface area contributed by atoms with Crippen molar-refractivity contribution in [3.05, 3.63) is 116 Å². The summed E-state index contributed by atoms with van der Waals surface area (Å²) < 4.78 is 37.4. The lowest BCUT2D eigenvalue weighted by Crippen LogP contribution is -2.23. The Bertz CT molecular complexity index is 1940. The number of ether oxygens (including phenoxy) is 1. The van der Waals surface area contributed by atoms with E-state index in [0.29, 0.717) is 22.2 Å². The van der Waals surface area contributed by atoms with Gasteiger partial charge in [-0.1, -0.05) is 59.6 Å². The van der Waals surface area contributed by atoms with Gasteiger partial charge >= 0.3 is 5.97 Å². The molecule has 2 N–H and O–H groups in total. The number of halogens is 2. The van der Waals surface area contributed by atoms with E-state index in [-0.39, 0.29) is 27.9 Å². The lowest BCUT2D eigenvalue weighted by Gasteiger charge is -2.12. The van der Waals surface area contributed by atoms with E-state index >= 15 is 0 Å². The third-order valence-electron chi connectivity index (χ3n) is 6.25. The molecule has 0 spiro atoms. The Morgan fingerprint density at radius 3 is 2.38 bits per heavy atom. The van der Waals surface area contributed by atoms with Gasteiger partial charge in [-0.3, -0.25) is 14.2 Å². The average Bonchev–Trinajstić information content (AvgIpc) is 3.49. The van der Waals surface area contributed by atoms with Gasteiger partial charge in [0.1, 0.15) is 17.2 Å². The molecule has 0 saturated heterocycles. The molecule has 0 amide bonds. The maximum atomic E-state index is 13.4. The quantitative estimate of drug-likeness (QED) is 0.185. The zero-order valence-electron chi connectivity index (χ0n) is 22.2. The first kappa shape index (κ1) is 29.4. The second-order valence-electron chi connectivity index (χ2n) is 9.02. The van der Waals surface area contributed by atoms with Gasteiger partial charge in [0.05, 0.1) is 32.7 Å². The van der Waals surface area contributed by atoms with Gasteiger partial charge in [0.25, 0.3) is 15.6 Å². The summed E-state index contributed by atoms with van der Waals surface area (Å²) in [5.74, 6) is -0.874. The molecule has 0 radical (unpaired) electrons. The van der Waals surface area contributed by atoms with Crippen LogP contribution in [0.1, 0.15) is 21.7 Å². The van der Waals surface area contributed by atoms with Gasteiger partial charge in [-0.05, 0) is 43.3 Å². The largest absolute Gasteiger partial charge is 0.456 e. The third kappa shape index (κ3) is 6.07. The molecule has 2 heterocycles. The van der Waals surface area contributed by atoms with Crippen LogP contribution in [0.3, 0.4) is 0 Å². The van der Waals surface area contributed by atoms with Crippen molar-refractivity contribution < 1.29 is 17.9 Å². The number of carbonyl (C=O) groups excluding carboxylic acids is 1. The molecule has 42 heavy (non-hydrogen) atoms. The van der Waals surface area contributed by atoms with Crippen LogP contribution in [0, 0.1) is 6.92 Å². The second-order valence-corrected chi connectivity index (χ2v) is 12.3. The topological polar surface area (TPSA) is 124 Å². The Balaban J connectivity index is 1.36. The van der Waals surface area contributed by atoms with Crippen LogP contribution in [0.2, 0.25) is 10.0 Å². The summed E-state index contributed by atoms with van der Waals surface area (Å²) in [5.41, 5.74) is 1.29. The van der Waals surface area contributed by atoms with E-state index in [4.69, 9.17) is 27.9 Å². The highest BCUT2D eigenvalue weighted by Crippen LogP contribution is 2.31. The fraction of sp³-hybridized carbons (Fsp3) is 0.107. The minimum atomic E-state index is -4.43. The van der Waals surface area contributed by atoms with E-state index in [1.54, 1.807) is 49.7 Å². The Labute approximate surface area is 255 Å². The highest BCUT2D eigenvalue weighted by Gasteiger charge is 2.27. The molecule has 0 aliphatic carbocycles. The molecule has 0 saturated carbocycles. The molecule has 0 unspecified atom stereocenters. The van der Waals surface area contributed by atoms with Gasteiger partial charge in [0.15, 0.2) is 5.13 Å². The molecular weight excluding hydrogens is 621 g/mol. The molecule has 5 aromatic rings. The summed E-state index contributed by atoms with van der Waals surface area (Å²) in [6, 6.07) is 20.4. The molecule has 0 atom stereocenters. The summed E-state index contributed by atoms with van der Waals surface area (Å²) in [6.07, 6.45) is 0. The van der Waals surface area contributed by atoms with E-state index in [9.17, 15) is 18.0 Å². The Hall–Kier alpha value is -4.10. The van der Waals surface area contributed by atoms with E-state index in [2.05, 4.69) is 15.0 Å². The zero-order chi connectivity index (χ0) is 30.0. The maximum absolute atomic E-state index is 13.4. The Morgan fingerprint density at radius 2 is 1.69 bits per heavy atom. The van der Waals surface area contributed by atoms with Crippen LogP contribution < -0.4 is 15.6 Å². The number of hydrogen-bond donors (Lipinski definition) is 2. The minimum Gasteiger partial charge on any atom is -0.456 e. The summed E-state index contributed by atoms with van der Waals surface area (Å²) in [6.45, 7) is 1.43. The number of thiazole rings is 1. The van der Waals surface area contributed by atoms with Crippen LogP contribution in [0.4, 0.5) is 16.5 Å². The van der Waals surface area contributed by atoms with Crippen molar-refractivity contribution in [1.29, 1.82) is 0 Å². The van der Waals surface area contributed by atoms with Crippen LogP contribution in [0.5, 0.6) is 0 Å². The molecule has 3 aromatic carbocycles. The number of aromatic nitrogens is 3. The van der Waals surface area contributed by atoms with Crippen LogP contribution in [0.25, 0.3) is 5.69 Å². The molecular formula is C28H23Cl2N5O5S2. The van der Waals surface area contributed by atoms with Gasteiger partial charge in [-0.25, -0.2) is 22.9 Å². The number of rotatable bonds is 9. The van der Waals surface area contributed by atoms with E-state index in [0.717, 1.165) is 17.8 Å². The van der Waals surface area contributed by atoms with E-state index in [1.165, 1.54) is 20.7 Å². The Kier molecular flexibility index (Phi) is 8.41. The van der Waals surface area contributed by atoms with Gasteiger partial charge < -0.3 is 10.1 Å². The Morgan fingerprint density at radius 1 is 1.02 bits per heavy atom. The number of carbonyl (C=O) groups is 1. The standard InChI is InChI=1S/C28H23Cl2N5O5S2/c1-17-25(26(36)35(34(17)2)20-11-7-4-8-12-20)33-42(38,39)24-13-21(22(29)14-23(24)30)27(37)40-15-19-16-41-28(32-19)31-18-9-5-3-6-10-18/h3-14,16,33H,15H2,1-2H3,(H,31,32). The highest BCUT2D eigenvalue weighted by atomic mass is 35.5. The summed E-state index contributed by atoms with van der Waals surface area (Å²) >= 11 is 13.8. The number of benzene rings is 3. The number of para-hydroxylation sites is 2. The van der Waals surface area contributed by atoms with Crippen molar-refractivity contribution in [3.8, 4) is 5.69 Å². The minimum absolute atomic E-state index is 0.101. The lowest BCUT2D eigenvalue weighted by atomic mass is 10.2. The van der Waals surface area contributed by atoms with Gasteiger partial charge in [0.2, 0.25) is 0 Å². The molecule has 14 heteroatoms. The van der Waals surface area contributed by atoms with Gasteiger partial charge in [0, 0.05) is 18.1 Å². The van der Waals surface area contributed by atoms with Crippen LogP contribution in [-0.4, -0.2) is 28.7 Å². The molecule has 10 nitrogen and oxygen atoms in total. The van der Waals surface area contributed by atoms with Crippen LogP contribution >= 0.6 is 34.5 Å². The summed E-state index contributed by atoms with van der Waals surface area (Å²) in [4.78, 5) is 30.1. The molecule has 216 valence electrons. The van der Waals surface area contributed by atoms with Crippen molar-refractivity contribution in [1.82, 2.24) is 14.3 Å². The van der Waals surface area contributed by atoms with Gasteiger partial charge in [-0.2, -0.15) is 0 Å². The van der Waals surface area contributed by atoms with Gasteiger partial charge in [-0.15, -0.1) is 11.3 Å². The predicted octanol–water partition coefficient (Wildman–Crippen LogP) is 6.15. The molecule has 0 bridgehead atoms. The second kappa shape index (κ2) is 12.0. The number of esters is 1. The van der Waals surface area contributed by atoms with Crippen molar-refractivity contribution in [3.63, 3.8) is 0 Å². The molecule has 0 aliphatic rings. The van der Waals surface area contributed by atoms with Crippen molar-refractivity contribution in [2.45, 2.75) is 18.4 Å². The number of nitrogens with zero attached hydrogens (tertiary/aromatic N) is 3. The monoisotopic (exact) mass is 643 g/mol. The smallest absolute Gasteiger partial charge is 0.340 e. The summed E-state index contributed by atoms with van der Waals surface area (Å²) in [7, 11) is -2.80. The first-order valence-corrected chi connectivity index (χ1v) is 15.5. The average molecular weight is 645 g/mol. The SMILES string of the molecule is Cc1c(NS(=O)(=O)c2cc(C(=O)OCc3csc(Nc4ccccc4)n3)c(Cl)cc2Cl)c(=O)n(-c2ccccc2)n1C. The zero-order valence-corrected chi connectivity index (χ0v) is 25.3. The fourth-order valence-electron chi connectivity index (χ4n) is 4.06. The molecule has 0 fully saturated rings. The highest BCUT2D eigenvalue weighted by molar-refractivity contribution is 7.92. The first-order valence-electron chi connectivity index (χ1n) is 12.3. The number of sulfonamides is 1. The van der Waals surface area contributed by atoms with E-state index < -0.39 is 26.4 Å². The molecule has 5 rings (SSSR count). The maximum Gasteiger partial charge on any atom is 0.340 e. The summed E-state index contributed by atoms with van der Waals surface area (Å²) in [5, 5.41) is 5.16. The van der Waals surface area contributed by atoms with Crippen molar-refractivity contribution in [2.75, 3.05) is 10.0 Å². The van der Waals surface area contributed by atoms with Crippen molar-refractivity contribution >= 4 is 67.0 Å². The molecule has 0 aliphatic heterocycles. The first-order chi connectivity index (χ1) is 20.0. The fourth-order valence-corrected chi connectivity index (χ4v) is 6.74. The third-order valence-corrected chi connectivity index (χ3v) is 9.18. The predicted molar refractivity (Wildman–Crippen MR) is 164 cm³/mol.